The second-order valence-electron chi connectivity index (χ2n) is 7.17. The molecule has 6 heteroatoms. The number of hydrogen-bond acceptors (Lipinski definition) is 5. The number of hydrogen-bond donors (Lipinski definition) is 0. The standard InChI is InChI=1S/C22H26N2O4/c1-4-28-19(25)11-6-5-7-12-24-21(26)17-10-8-9-15-13-16(23(2)3)14-18(20(15)17)22(24)27/h8-10,13-14H,4-7,11-12H2,1-3H3. The molecule has 6 nitrogen and oxygen atoms in total. The molecule has 2 aromatic carbocycles. The van der Waals surface area contributed by atoms with Gasteiger partial charge in [0.25, 0.3) is 11.8 Å². The molecule has 0 fully saturated rings. The lowest BCUT2D eigenvalue weighted by Gasteiger charge is -2.28. The Kier molecular flexibility index (Phi) is 5.97. The zero-order valence-corrected chi connectivity index (χ0v) is 16.7. The number of rotatable bonds is 8. The van der Waals surface area contributed by atoms with Crippen molar-refractivity contribution in [3.8, 4) is 0 Å². The maximum Gasteiger partial charge on any atom is 0.305 e. The van der Waals surface area contributed by atoms with Crippen LogP contribution in [0.1, 0.15) is 53.3 Å². The zero-order chi connectivity index (χ0) is 20.3. The van der Waals surface area contributed by atoms with Gasteiger partial charge in [-0.3, -0.25) is 19.3 Å². The average Bonchev–Trinajstić information content (AvgIpc) is 2.67. The number of carbonyl (C=O) groups excluding carboxylic acids is 3. The molecule has 3 rings (SSSR count). The summed E-state index contributed by atoms with van der Waals surface area (Å²) in [6, 6.07) is 9.42. The summed E-state index contributed by atoms with van der Waals surface area (Å²) in [5.41, 5.74) is 2.07. The first kappa shape index (κ1) is 19.9. The van der Waals surface area contributed by atoms with Crippen LogP contribution in [0.2, 0.25) is 0 Å². The van der Waals surface area contributed by atoms with Crippen molar-refractivity contribution in [2.75, 3.05) is 32.1 Å². The molecule has 28 heavy (non-hydrogen) atoms. The van der Waals surface area contributed by atoms with E-state index in [1.165, 1.54) is 4.90 Å². The third-order valence-corrected chi connectivity index (χ3v) is 5.00. The average molecular weight is 382 g/mol. The highest BCUT2D eigenvalue weighted by Gasteiger charge is 2.32. The Morgan fingerprint density at radius 3 is 2.50 bits per heavy atom. The van der Waals surface area contributed by atoms with Crippen molar-refractivity contribution in [3.63, 3.8) is 0 Å². The highest BCUT2D eigenvalue weighted by Crippen LogP contribution is 2.33. The van der Waals surface area contributed by atoms with Crippen molar-refractivity contribution in [3.05, 3.63) is 41.5 Å². The molecule has 0 saturated carbocycles. The molecule has 0 atom stereocenters. The molecule has 0 unspecified atom stereocenters. The number of benzene rings is 2. The third-order valence-electron chi connectivity index (χ3n) is 5.00. The predicted molar refractivity (Wildman–Crippen MR) is 109 cm³/mol. The fourth-order valence-corrected chi connectivity index (χ4v) is 3.55. The molecule has 0 aromatic heterocycles. The van der Waals surface area contributed by atoms with Gasteiger partial charge in [0.2, 0.25) is 0 Å². The Labute approximate surface area is 165 Å². The van der Waals surface area contributed by atoms with E-state index >= 15 is 0 Å². The van der Waals surface area contributed by atoms with Crippen molar-refractivity contribution in [1.82, 2.24) is 4.90 Å². The van der Waals surface area contributed by atoms with Crippen LogP contribution in [-0.4, -0.2) is 49.9 Å². The van der Waals surface area contributed by atoms with E-state index < -0.39 is 0 Å². The summed E-state index contributed by atoms with van der Waals surface area (Å²) in [6.07, 6.45) is 2.47. The highest BCUT2D eigenvalue weighted by molar-refractivity contribution is 6.25. The van der Waals surface area contributed by atoms with Gasteiger partial charge in [-0.05, 0) is 43.4 Å². The van der Waals surface area contributed by atoms with Crippen LogP contribution in [0, 0.1) is 0 Å². The first-order valence-corrected chi connectivity index (χ1v) is 9.70. The number of imide groups is 1. The van der Waals surface area contributed by atoms with E-state index in [-0.39, 0.29) is 17.8 Å². The monoisotopic (exact) mass is 382 g/mol. The Balaban J connectivity index is 1.76. The summed E-state index contributed by atoms with van der Waals surface area (Å²) >= 11 is 0. The first-order valence-electron chi connectivity index (χ1n) is 9.70. The minimum absolute atomic E-state index is 0.204. The van der Waals surface area contributed by atoms with Gasteiger partial charge in [0.1, 0.15) is 0 Å². The fourth-order valence-electron chi connectivity index (χ4n) is 3.55. The third kappa shape index (κ3) is 3.86. The minimum atomic E-state index is -0.247. The van der Waals surface area contributed by atoms with Crippen LogP contribution in [-0.2, 0) is 9.53 Å². The van der Waals surface area contributed by atoms with E-state index in [1.807, 2.05) is 43.3 Å². The molecule has 0 radical (unpaired) electrons. The van der Waals surface area contributed by atoms with Crippen molar-refractivity contribution in [2.45, 2.75) is 32.6 Å². The molecule has 0 N–H and O–H groups in total. The maximum absolute atomic E-state index is 13.1. The Morgan fingerprint density at radius 2 is 1.79 bits per heavy atom. The number of ether oxygens (including phenoxy) is 1. The van der Waals surface area contributed by atoms with Gasteiger partial charge in [-0.25, -0.2) is 0 Å². The van der Waals surface area contributed by atoms with E-state index in [9.17, 15) is 14.4 Å². The number of anilines is 1. The lowest BCUT2D eigenvalue weighted by Crippen LogP contribution is -2.41. The highest BCUT2D eigenvalue weighted by atomic mass is 16.5. The van der Waals surface area contributed by atoms with Crippen molar-refractivity contribution in [1.29, 1.82) is 0 Å². The van der Waals surface area contributed by atoms with Gasteiger partial charge < -0.3 is 9.64 Å². The van der Waals surface area contributed by atoms with Crippen LogP contribution in [0.5, 0.6) is 0 Å². The lowest BCUT2D eigenvalue weighted by molar-refractivity contribution is -0.143. The summed E-state index contributed by atoms with van der Waals surface area (Å²) in [5, 5.41) is 1.64. The van der Waals surface area contributed by atoms with Gasteiger partial charge in [-0.2, -0.15) is 0 Å². The van der Waals surface area contributed by atoms with E-state index in [0.29, 0.717) is 43.5 Å². The Morgan fingerprint density at radius 1 is 1.04 bits per heavy atom. The quantitative estimate of drug-likeness (QED) is 0.396. The summed E-state index contributed by atoms with van der Waals surface area (Å²) in [4.78, 5) is 40.7. The first-order chi connectivity index (χ1) is 13.4. The number of carbonyl (C=O) groups is 3. The van der Waals surface area contributed by atoms with E-state index in [4.69, 9.17) is 4.74 Å². The van der Waals surface area contributed by atoms with E-state index in [1.54, 1.807) is 13.0 Å². The Bertz CT molecular complexity index is 920. The molecular weight excluding hydrogens is 356 g/mol. The van der Waals surface area contributed by atoms with Crippen LogP contribution in [0.25, 0.3) is 10.8 Å². The van der Waals surface area contributed by atoms with Gasteiger partial charge in [-0.15, -0.1) is 0 Å². The molecule has 0 saturated heterocycles. The topological polar surface area (TPSA) is 66.9 Å². The van der Waals surface area contributed by atoms with Gasteiger partial charge >= 0.3 is 5.97 Å². The normalized spacial score (nSPS) is 13.2. The summed E-state index contributed by atoms with van der Waals surface area (Å²) < 4.78 is 4.91. The Hall–Kier alpha value is -2.89. The zero-order valence-electron chi connectivity index (χ0n) is 16.7. The van der Waals surface area contributed by atoms with Gasteiger partial charge in [0.15, 0.2) is 0 Å². The second-order valence-corrected chi connectivity index (χ2v) is 7.17. The van der Waals surface area contributed by atoms with Crippen LogP contribution in [0.3, 0.4) is 0 Å². The van der Waals surface area contributed by atoms with E-state index in [2.05, 4.69) is 0 Å². The summed E-state index contributed by atoms with van der Waals surface area (Å²) in [6.45, 7) is 2.52. The predicted octanol–water partition coefficient (Wildman–Crippen LogP) is 3.63. The number of esters is 1. The lowest BCUT2D eigenvalue weighted by atomic mass is 9.93. The molecule has 1 heterocycles. The minimum Gasteiger partial charge on any atom is -0.466 e. The number of amides is 2. The van der Waals surface area contributed by atoms with Crippen molar-refractivity contribution < 1.29 is 19.1 Å². The van der Waals surface area contributed by atoms with E-state index in [0.717, 1.165) is 22.9 Å². The number of unbranched alkanes of at least 4 members (excludes halogenated alkanes) is 2. The van der Waals surface area contributed by atoms with Crippen molar-refractivity contribution in [2.24, 2.45) is 0 Å². The molecule has 0 spiro atoms. The molecule has 2 amide bonds. The molecular formula is C22H26N2O4. The fraction of sp³-hybridized carbons (Fsp3) is 0.409. The molecule has 1 aliphatic rings. The van der Waals surface area contributed by atoms with Gasteiger partial charge in [-0.1, -0.05) is 18.6 Å². The SMILES string of the molecule is CCOC(=O)CCCCCN1C(=O)c2cccc3cc(N(C)C)cc(c23)C1=O. The van der Waals surface area contributed by atoms with Crippen LogP contribution in [0.15, 0.2) is 30.3 Å². The van der Waals surface area contributed by atoms with Crippen LogP contribution < -0.4 is 4.90 Å². The smallest absolute Gasteiger partial charge is 0.305 e. The summed E-state index contributed by atoms with van der Waals surface area (Å²) in [7, 11) is 3.86. The molecule has 1 aliphatic heterocycles. The largest absolute Gasteiger partial charge is 0.466 e. The molecule has 0 aliphatic carbocycles. The molecule has 2 aromatic rings. The van der Waals surface area contributed by atoms with Crippen molar-refractivity contribution >= 4 is 34.2 Å². The maximum atomic E-state index is 13.1. The molecule has 0 bridgehead atoms. The van der Waals surface area contributed by atoms with Crippen LogP contribution in [0.4, 0.5) is 5.69 Å². The second kappa shape index (κ2) is 8.42. The van der Waals surface area contributed by atoms with Gasteiger partial charge in [0, 0.05) is 43.7 Å². The summed E-state index contributed by atoms with van der Waals surface area (Å²) in [5.74, 6) is -0.696. The van der Waals surface area contributed by atoms with Gasteiger partial charge in [0.05, 0.1) is 12.2 Å². The molecule has 148 valence electrons. The van der Waals surface area contributed by atoms with Crippen LogP contribution >= 0.6 is 0 Å². The number of nitrogens with zero attached hydrogens (tertiary/aromatic N) is 2.